The highest BCUT2D eigenvalue weighted by Crippen LogP contribution is 2.18. The summed E-state index contributed by atoms with van der Waals surface area (Å²) in [5, 5.41) is 3.36. The normalized spacial score (nSPS) is 12.4. The number of benzene rings is 1. The van der Waals surface area contributed by atoms with Crippen LogP contribution in [0.5, 0.6) is 0 Å². The fraction of sp³-hybridized carbons (Fsp3) is 0.333. The predicted octanol–water partition coefficient (Wildman–Crippen LogP) is 3.25. The minimum Gasteiger partial charge on any atom is -0.307 e. The fourth-order valence-electron chi connectivity index (χ4n) is 1.27. The third-order valence-electron chi connectivity index (χ3n) is 2.18. The molecule has 1 aromatic rings. The Kier molecular flexibility index (Phi) is 4.77. The molecule has 0 bridgehead atoms. The molecule has 0 radical (unpaired) electrons. The smallest absolute Gasteiger partial charge is 0.0294 e. The number of rotatable bonds is 5. The van der Waals surface area contributed by atoms with Crippen LogP contribution in [0, 0.1) is 0 Å². The van der Waals surface area contributed by atoms with E-state index >= 15 is 0 Å². The van der Waals surface area contributed by atoms with Crippen LogP contribution in [0.3, 0.4) is 0 Å². The Morgan fingerprint density at radius 1 is 1.43 bits per heavy atom. The molecule has 1 N–H and O–H groups in total. The number of nitrogens with one attached hydrogen (secondary N) is 1. The zero-order valence-corrected chi connectivity index (χ0v) is 9.60. The number of thioether (sulfide) groups is 1. The zero-order valence-electron chi connectivity index (χ0n) is 8.79. The second kappa shape index (κ2) is 5.89. The summed E-state index contributed by atoms with van der Waals surface area (Å²) in [5.41, 5.74) is 1.32. The van der Waals surface area contributed by atoms with Crippen molar-refractivity contribution >= 4 is 11.8 Å². The monoisotopic (exact) mass is 207 g/mol. The van der Waals surface area contributed by atoms with E-state index in [2.05, 4.69) is 49.3 Å². The lowest BCUT2D eigenvalue weighted by Gasteiger charge is -2.12. The van der Waals surface area contributed by atoms with Gasteiger partial charge in [0.05, 0.1) is 0 Å². The van der Waals surface area contributed by atoms with Gasteiger partial charge in [-0.15, -0.1) is 18.3 Å². The van der Waals surface area contributed by atoms with Crippen LogP contribution < -0.4 is 5.32 Å². The maximum absolute atomic E-state index is 3.69. The van der Waals surface area contributed by atoms with E-state index in [0.29, 0.717) is 6.04 Å². The first-order valence-electron chi connectivity index (χ1n) is 4.76. The Labute approximate surface area is 90.6 Å². The summed E-state index contributed by atoms with van der Waals surface area (Å²) in [5.74, 6) is 0. The van der Waals surface area contributed by atoms with Crippen molar-refractivity contribution in [3.05, 3.63) is 42.5 Å². The van der Waals surface area contributed by atoms with E-state index in [1.165, 1.54) is 10.5 Å². The number of hydrogen-bond acceptors (Lipinski definition) is 2. The van der Waals surface area contributed by atoms with Crippen LogP contribution in [0.15, 0.2) is 41.8 Å². The van der Waals surface area contributed by atoms with E-state index in [4.69, 9.17) is 0 Å². The lowest BCUT2D eigenvalue weighted by atomic mass is 10.1. The highest BCUT2D eigenvalue weighted by atomic mass is 32.2. The van der Waals surface area contributed by atoms with Crippen LogP contribution in [0.2, 0.25) is 0 Å². The van der Waals surface area contributed by atoms with Crippen molar-refractivity contribution in [2.24, 2.45) is 0 Å². The van der Waals surface area contributed by atoms with Crippen LogP contribution in [-0.2, 0) is 0 Å². The van der Waals surface area contributed by atoms with Crippen molar-refractivity contribution in [3.63, 3.8) is 0 Å². The molecule has 1 atom stereocenters. The summed E-state index contributed by atoms with van der Waals surface area (Å²) in [6.07, 6.45) is 3.97. The second-order valence-corrected chi connectivity index (χ2v) is 4.07. The first kappa shape index (κ1) is 11.3. The molecular weight excluding hydrogens is 190 g/mol. The van der Waals surface area contributed by atoms with Gasteiger partial charge in [-0.05, 0) is 30.9 Å². The molecule has 14 heavy (non-hydrogen) atoms. The second-order valence-electron chi connectivity index (χ2n) is 3.19. The maximum atomic E-state index is 3.69. The van der Waals surface area contributed by atoms with Gasteiger partial charge in [0.1, 0.15) is 0 Å². The van der Waals surface area contributed by atoms with Crippen molar-refractivity contribution in [2.45, 2.75) is 17.9 Å². The molecule has 0 saturated carbocycles. The van der Waals surface area contributed by atoms with Gasteiger partial charge in [0.2, 0.25) is 0 Å². The Morgan fingerprint density at radius 2 is 2.07 bits per heavy atom. The third kappa shape index (κ3) is 3.20. The highest BCUT2D eigenvalue weighted by molar-refractivity contribution is 7.98. The van der Waals surface area contributed by atoms with Crippen molar-refractivity contribution in [3.8, 4) is 0 Å². The van der Waals surface area contributed by atoms with Gasteiger partial charge in [0, 0.05) is 17.5 Å². The van der Waals surface area contributed by atoms with Crippen LogP contribution in [-0.4, -0.2) is 12.8 Å². The number of hydrogen-bond donors (Lipinski definition) is 1. The molecule has 0 amide bonds. The lowest BCUT2D eigenvalue weighted by Crippen LogP contribution is -2.18. The first-order valence-corrected chi connectivity index (χ1v) is 5.98. The summed E-state index contributed by atoms with van der Waals surface area (Å²) in [6, 6.07) is 9.06. The van der Waals surface area contributed by atoms with Gasteiger partial charge in [-0.2, -0.15) is 0 Å². The van der Waals surface area contributed by atoms with E-state index in [0.717, 1.165) is 6.54 Å². The minimum atomic E-state index is 0.393. The van der Waals surface area contributed by atoms with Gasteiger partial charge in [-0.3, -0.25) is 0 Å². The summed E-state index contributed by atoms with van der Waals surface area (Å²) >= 11 is 1.77. The summed E-state index contributed by atoms with van der Waals surface area (Å²) < 4.78 is 0. The average molecular weight is 207 g/mol. The summed E-state index contributed by atoms with van der Waals surface area (Å²) in [7, 11) is 0. The lowest BCUT2D eigenvalue weighted by molar-refractivity contribution is 0.617. The van der Waals surface area contributed by atoms with E-state index < -0.39 is 0 Å². The molecule has 0 aromatic heterocycles. The van der Waals surface area contributed by atoms with Gasteiger partial charge in [0.25, 0.3) is 0 Å². The van der Waals surface area contributed by atoms with Crippen LogP contribution in [0.25, 0.3) is 0 Å². The first-order chi connectivity index (χ1) is 6.77. The van der Waals surface area contributed by atoms with Gasteiger partial charge in [0.15, 0.2) is 0 Å². The predicted molar refractivity (Wildman–Crippen MR) is 64.8 cm³/mol. The topological polar surface area (TPSA) is 12.0 Å². The van der Waals surface area contributed by atoms with Crippen LogP contribution in [0.1, 0.15) is 18.5 Å². The standard InChI is InChI=1S/C12H17NS/c1-4-9-13-10(2)11-5-7-12(14-3)8-6-11/h4-8,10,13H,1,9H2,2-3H3. The van der Waals surface area contributed by atoms with Crippen molar-refractivity contribution in [1.29, 1.82) is 0 Å². The molecule has 0 aliphatic heterocycles. The molecule has 1 rings (SSSR count). The summed E-state index contributed by atoms with van der Waals surface area (Å²) in [6.45, 7) is 6.70. The maximum Gasteiger partial charge on any atom is 0.0294 e. The SMILES string of the molecule is C=CCNC(C)c1ccc(SC)cc1. The Balaban J connectivity index is 2.61. The molecule has 0 saturated heterocycles. The van der Waals surface area contributed by atoms with Gasteiger partial charge >= 0.3 is 0 Å². The van der Waals surface area contributed by atoms with Gasteiger partial charge < -0.3 is 5.32 Å². The van der Waals surface area contributed by atoms with Crippen LogP contribution >= 0.6 is 11.8 Å². The van der Waals surface area contributed by atoms with Crippen molar-refractivity contribution in [2.75, 3.05) is 12.8 Å². The Hall–Kier alpha value is -0.730. The quantitative estimate of drug-likeness (QED) is 0.587. The molecule has 1 unspecified atom stereocenters. The molecule has 0 heterocycles. The molecule has 2 heteroatoms. The molecule has 0 aliphatic rings. The molecular formula is C12H17NS. The van der Waals surface area contributed by atoms with Gasteiger partial charge in [-0.25, -0.2) is 0 Å². The average Bonchev–Trinajstić information content (AvgIpc) is 2.26. The highest BCUT2D eigenvalue weighted by Gasteiger charge is 2.02. The van der Waals surface area contributed by atoms with Crippen molar-refractivity contribution < 1.29 is 0 Å². The van der Waals surface area contributed by atoms with E-state index in [9.17, 15) is 0 Å². The van der Waals surface area contributed by atoms with E-state index in [1.807, 2.05) is 6.08 Å². The third-order valence-corrected chi connectivity index (χ3v) is 2.93. The summed E-state index contributed by atoms with van der Waals surface area (Å²) in [4.78, 5) is 1.31. The molecule has 1 aromatic carbocycles. The molecule has 0 fully saturated rings. The molecule has 1 nitrogen and oxygen atoms in total. The van der Waals surface area contributed by atoms with E-state index in [-0.39, 0.29) is 0 Å². The van der Waals surface area contributed by atoms with E-state index in [1.54, 1.807) is 11.8 Å². The Morgan fingerprint density at radius 3 is 2.57 bits per heavy atom. The largest absolute Gasteiger partial charge is 0.307 e. The molecule has 0 aliphatic carbocycles. The molecule has 76 valence electrons. The van der Waals surface area contributed by atoms with Gasteiger partial charge in [-0.1, -0.05) is 18.2 Å². The fourth-order valence-corrected chi connectivity index (χ4v) is 1.68. The van der Waals surface area contributed by atoms with Crippen LogP contribution in [0.4, 0.5) is 0 Å². The molecule has 0 spiro atoms. The minimum absolute atomic E-state index is 0.393. The van der Waals surface area contributed by atoms with Crippen molar-refractivity contribution in [1.82, 2.24) is 5.32 Å². The zero-order chi connectivity index (χ0) is 10.4. The Bertz CT molecular complexity index is 279.